The molecule has 1 aromatic heterocycles. The molecular weight excluding hydrogens is 321 g/mol. The van der Waals surface area contributed by atoms with E-state index in [1.807, 2.05) is 0 Å². The zero-order valence-electron chi connectivity index (χ0n) is 14.8. The Morgan fingerprint density at radius 3 is 2.42 bits per heavy atom. The van der Waals surface area contributed by atoms with Crippen LogP contribution < -0.4 is 5.46 Å². The molecule has 2 aromatic rings. The lowest BCUT2D eigenvalue weighted by Crippen LogP contribution is -2.41. The zero-order valence-corrected chi connectivity index (χ0v) is 15.6. The highest BCUT2D eigenvalue weighted by molar-refractivity contribution is 7.18. The number of thiazole rings is 1. The molecule has 0 N–H and O–H groups in total. The van der Waals surface area contributed by atoms with Crippen LogP contribution in [0.3, 0.4) is 0 Å². The van der Waals surface area contributed by atoms with Gasteiger partial charge >= 0.3 is 7.12 Å². The third-order valence-electron chi connectivity index (χ3n) is 5.52. The molecule has 2 aliphatic heterocycles. The van der Waals surface area contributed by atoms with Crippen molar-refractivity contribution in [2.45, 2.75) is 57.7 Å². The van der Waals surface area contributed by atoms with Crippen molar-refractivity contribution in [1.82, 2.24) is 4.98 Å². The number of benzene rings is 1. The maximum Gasteiger partial charge on any atom is 0.494 e. The first-order chi connectivity index (χ1) is 11.4. The number of hydrogen-bond donors (Lipinski definition) is 0. The van der Waals surface area contributed by atoms with Gasteiger partial charge in [0.25, 0.3) is 0 Å². The Kier molecular flexibility index (Phi) is 3.99. The van der Waals surface area contributed by atoms with Gasteiger partial charge in [-0.25, -0.2) is 4.98 Å². The van der Waals surface area contributed by atoms with Crippen LogP contribution in [0.1, 0.15) is 51.5 Å². The number of nitrogens with zero attached hydrogens (tertiary/aromatic N) is 1. The summed E-state index contributed by atoms with van der Waals surface area (Å²) in [4.78, 5) is 4.89. The van der Waals surface area contributed by atoms with E-state index in [1.165, 1.54) is 9.71 Å². The molecule has 0 unspecified atom stereocenters. The third kappa shape index (κ3) is 2.79. The van der Waals surface area contributed by atoms with Crippen LogP contribution in [0.15, 0.2) is 18.2 Å². The molecule has 6 heteroatoms. The van der Waals surface area contributed by atoms with Crippen molar-refractivity contribution in [3.63, 3.8) is 0 Å². The number of rotatable bonds is 2. The molecule has 4 nitrogen and oxygen atoms in total. The van der Waals surface area contributed by atoms with Gasteiger partial charge in [-0.2, -0.15) is 0 Å². The zero-order chi connectivity index (χ0) is 16.9. The lowest BCUT2D eigenvalue weighted by atomic mass is 9.79. The molecule has 2 saturated heterocycles. The molecule has 2 aliphatic rings. The summed E-state index contributed by atoms with van der Waals surface area (Å²) in [5.41, 5.74) is 1.46. The lowest BCUT2D eigenvalue weighted by Gasteiger charge is -2.32. The van der Waals surface area contributed by atoms with E-state index < -0.39 is 0 Å². The first-order valence-electron chi connectivity index (χ1n) is 8.69. The molecule has 0 bridgehead atoms. The third-order valence-corrected chi connectivity index (χ3v) is 6.72. The van der Waals surface area contributed by atoms with E-state index in [9.17, 15) is 0 Å². The van der Waals surface area contributed by atoms with Gasteiger partial charge in [0, 0.05) is 19.1 Å². The average Bonchev–Trinajstić information content (AvgIpc) is 3.06. The molecule has 2 fully saturated rings. The first-order valence-corrected chi connectivity index (χ1v) is 9.51. The molecule has 0 amide bonds. The van der Waals surface area contributed by atoms with Crippen LogP contribution in [0.5, 0.6) is 0 Å². The van der Waals surface area contributed by atoms with E-state index in [0.29, 0.717) is 5.92 Å². The monoisotopic (exact) mass is 345 g/mol. The Hall–Kier alpha value is -0.945. The van der Waals surface area contributed by atoms with Crippen molar-refractivity contribution in [3.05, 3.63) is 23.2 Å². The Labute approximate surface area is 147 Å². The average molecular weight is 345 g/mol. The Morgan fingerprint density at radius 1 is 1.08 bits per heavy atom. The fourth-order valence-electron chi connectivity index (χ4n) is 3.21. The molecule has 0 saturated carbocycles. The van der Waals surface area contributed by atoms with Gasteiger partial charge in [-0.1, -0.05) is 6.07 Å². The molecule has 24 heavy (non-hydrogen) atoms. The second-order valence-electron chi connectivity index (χ2n) is 7.75. The smallest absolute Gasteiger partial charge is 0.399 e. The number of fused-ring (bicyclic) bond motifs is 1. The van der Waals surface area contributed by atoms with Gasteiger partial charge in [-0.05, 0) is 58.1 Å². The quantitative estimate of drug-likeness (QED) is 0.782. The maximum absolute atomic E-state index is 6.16. The first kappa shape index (κ1) is 16.5. The highest BCUT2D eigenvalue weighted by atomic mass is 32.1. The molecule has 3 heterocycles. The van der Waals surface area contributed by atoms with E-state index in [-0.39, 0.29) is 18.3 Å². The van der Waals surface area contributed by atoms with Gasteiger partial charge in [0.05, 0.1) is 26.4 Å². The fraction of sp³-hybridized carbons (Fsp3) is 0.611. The molecule has 4 rings (SSSR count). The van der Waals surface area contributed by atoms with E-state index in [2.05, 4.69) is 45.9 Å². The Bertz CT molecular complexity index is 736. The van der Waals surface area contributed by atoms with Crippen LogP contribution in [-0.4, -0.2) is 36.5 Å². The van der Waals surface area contributed by atoms with Crippen molar-refractivity contribution in [2.75, 3.05) is 13.2 Å². The second-order valence-corrected chi connectivity index (χ2v) is 8.82. The molecule has 1 aromatic carbocycles. The van der Waals surface area contributed by atoms with Crippen molar-refractivity contribution < 1.29 is 14.0 Å². The molecule has 0 atom stereocenters. The van der Waals surface area contributed by atoms with E-state index in [0.717, 1.165) is 37.0 Å². The number of hydrogen-bond acceptors (Lipinski definition) is 5. The summed E-state index contributed by atoms with van der Waals surface area (Å²) in [6.45, 7) is 10.0. The lowest BCUT2D eigenvalue weighted by molar-refractivity contribution is 0.00578. The summed E-state index contributed by atoms with van der Waals surface area (Å²) in [5.74, 6) is 0.538. The number of aromatic nitrogens is 1. The summed E-state index contributed by atoms with van der Waals surface area (Å²) >= 11 is 1.81. The predicted octanol–water partition coefficient (Wildman–Crippen LogP) is 3.49. The summed E-state index contributed by atoms with van der Waals surface area (Å²) in [6.07, 6.45) is 2.15. The van der Waals surface area contributed by atoms with E-state index >= 15 is 0 Å². The molecule has 0 spiro atoms. The van der Waals surface area contributed by atoms with Crippen molar-refractivity contribution in [2.24, 2.45) is 0 Å². The van der Waals surface area contributed by atoms with Gasteiger partial charge in [0.2, 0.25) is 0 Å². The summed E-state index contributed by atoms with van der Waals surface area (Å²) < 4.78 is 19.0. The molecular formula is C18H24BNO3S. The van der Waals surface area contributed by atoms with Crippen LogP contribution in [-0.2, 0) is 14.0 Å². The predicted molar refractivity (Wildman–Crippen MR) is 98.1 cm³/mol. The summed E-state index contributed by atoms with van der Waals surface area (Å²) in [6, 6.07) is 6.38. The van der Waals surface area contributed by atoms with Gasteiger partial charge in [-0.15, -0.1) is 11.3 Å². The SMILES string of the molecule is CC1(C)OB(c2ccc3sc(C4CCOCC4)nc3c2)OC1(C)C. The standard InChI is InChI=1S/C18H24BNO3S/c1-17(2)18(3,4)23-19(22-17)13-5-6-15-14(11-13)20-16(24-15)12-7-9-21-10-8-12/h5-6,11-12H,7-10H2,1-4H3. The fourth-order valence-corrected chi connectivity index (χ4v) is 4.32. The molecule has 0 aliphatic carbocycles. The van der Waals surface area contributed by atoms with Crippen LogP contribution in [0.25, 0.3) is 10.2 Å². The van der Waals surface area contributed by atoms with Gasteiger partial charge < -0.3 is 14.0 Å². The minimum atomic E-state index is -0.326. The van der Waals surface area contributed by atoms with Crippen molar-refractivity contribution in [3.8, 4) is 0 Å². The minimum Gasteiger partial charge on any atom is -0.399 e. The largest absolute Gasteiger partial charge is 0.494 e. The van der Waals surface area contributed by atoms with E-state index in [1.54, 1.807) is 11.3 Å². The minimum absolute atomic E-state index is 0.318. The van der Waals surface area contributed by atoms with Crippen LogP contribution in [0.2, 0.25) is 0 Å². The number of ether oxygens (including phenoxy) is 1. The van der Waals surface area contributed by atoms with Crippen molar-refractivity contribution >= 4 is 34.1 Å². The topological polar surface area (TPSA) is 40.6 Å². The highest BCUT2D eigenvalue weighted by Gasteiger charge is 2.51. The summed E-state index contributed by atoms with van der Waals surface area (Å²) in [7, 11) is -0.326. The maximum atomic E-state index is 6.16. The second kappa shape index (κ2) is 5.80. The van der Waals surface area contributed by atoms with Crippen LogP contribution in [0, 0.1) is 0 Å². The van der Waals surface area contributed by atoms with Gasteiger partial charge in [0.15, 0.2) is 0 Å². The summed E-state index contributed by atoms with van der Waals surface area (Å²) in [5, 5.41) is 1.24. The van der Waals surface area contributed by atoms with Crippen LogP contribution >= 0.6 is 11.3 Å². The van der Waals surface area contributed by atoms with E-state index in [4.69, 9.17) is 19.0 Å². The van der Waals surface area contributed by atoms with Gasteiger partial charge in [-0.3, -0.25) is 0 Å². The Morgan fingerprint density at radius 2 is 1.75 bits per heavy atom. The highest BCUT2D eigenvalue weighted by Crippen LogP contribution is 2.37. The van der Waals surface area contributed by atoms with Gasteiger partial charge in [0.1, 0.15) is 0 Å². The molecule has 0 radical (unpaired) electrons. The normalized spacial score (nSPS) is 23.9. The van der Waals surface area contributed by atoms with Crippen molar-refractivity contribution in [1.29, 1.82) is 0 Å². The Balaban J connectivity index is 1.62. The van der Waals surface area contributed by atoms with Crippen LogP contribution in [0.4, 0.5) is 0 Å². The molecule has 128 valence electrons.